The first-order valence-corrected chi connectivity index (χ1v) is 11.9. The third kappa shape index (κ3) is 5.41. The van der Waals surface area contributed by atoms with Crippen LogP contribution in [0.25, 0.3) is 5.65 Å². The average Bonchev–Trinajstić information content (AvgIpc) is 3.24. The Hall–Kier alpha value is -3.33. The average molecular weight is 526 g/mol. The molecule has 0 aliphatic rings. The van der Waals surface area contributed by atoms with Gasteiger partial charge in [0.2, 0.25) is 0 Å². The van der Waals surface area contributed by atoms with E-state index >= 15 is 0 Å². The summed E-state index contributed by atoms with van der Waals surface area (Å²) in [7, 11) is 3.33. The molecule has 0 bridgehead atoms. The summed E-state index contributed by atoms with van der Waals surface area (Å²) in [6.45, 7) is 5.28. The predicted octanol–water partition coefficient (Wildman–Crippen LogP) is 5.29. The highest BCUT2D eigenvalue weighted by Gasteiger charge is 2.20. The molecule has 4 rings (SSSR count). The number of hydrogen-bond acceptors (Lipinski definition) is 7. The summed E-state index contributed by atoms with van der Waals surface area (Å²) >= 11 is 3.54. The van der Waals surface area contributed by atoms with Crippen molar-refractivity contribution in [1.82, 2.24) is 19.6 Å². The standard InChI is InChI=1S/C25H28BrN5O3/c1-5-17(2)34-25-28-24(23-27-14-22(26)31(23)29-25)30(15-18-6-10-20(32-3)11-7-18)16-19-8-12-21(33-4)13-9-19/h6-14,17H,5,15-16H2,1-4H3. The van der Waals surface area contributed by atoms with Crippen LogP contribution in [0.5, 0.6) is 17.5 Å². The maximum absolute atomic E-state index is 6.00. The van der Waals surface area contributed by atoms with Crippen LogP contribution in [0.15, 0.2) is 59.3 Å². The van der Waals surface area contributed by atoms with Gasteiger partial charge in [-0.2, -0.15) is 9.50 Å². The molecule has 9 heteroatoms. The Morgan fingerprint density at radius 1 is 0.941 bits per heavy atom. The van der Waals surface area contributed by atoms with E-state index < -0.39 is 0 Å². The molecule has 2 aromatic carbocycles. The van der Waals surface area contributed by atoms with E-state index in [2.05, 4.69) is 62.1 Å². The highest BCUT2D eigenvalue weighted by Crippen LogP contribution is 2.28. The lowest BCUT2D eigenvalue weighted by Crippen LogP contribution is -2.25. The number of halogens is 1. The summed E-state index contributed by atoms with van der Waals surface area (Å²) < 4.78 is 19.1. The molecule has 0 aliphatic carbocycles. The number of rotatable bonds is 10. The number of nitrogens with zero attached hydrogens (tertiary/aromatic N) is 5. The van der Waals surface area contributed by atoms with Crippen LogP contribution in [0.3, 0.4) is 0 Å². The molecule has 0 aliphatic heterocycles. The van der Waals surface area contributed by atoms with Gasteiger partial charge in [-0.05, 0) is 64.7 Å². The lowest BCUT2D eigenvalue weighted by molar-refractivity contribution is 0.196. The van der Waals surface area contributed by atoms with Gasteiger partial charge < -0.3 is 19.1 Å². The third-order valence-electron chi connectivity index (χ3n) is 5.53. The normalized spacial score (nSPS) is 11.9. The van der Waals surface area contributed by atoms with Gasteiger partial charge in [0.15, 0.2) is 11.5 Å². The quantitative estimate of drug-likeness (QED) is 0.278. The Morgan fingerprint density at radius 2 is 1.50 bits per heavy atom. The molecule has 0 fully saturated rings. The van der Waals surface area contributed by atoms with Crippen molar-refractivity contribution in [3.05, 3.63) is 70.5 Å². The minimum Gasteiger partial charge on any atom is -0.497 e. The van der Waals surface area contributed by atoms with Crippen molar-refractivity contribution in [3.63, 3.8) is 0 Å². The highest BCUT2D eigenvalue weighted by atomic mass is 79.9. The van der Waals surface area contributed by atoms with Crippen LogP contribution < -0.4 is 19.1 Å². The Labute approximate surface area is 207 Å². The minimum atomic E-state index is -0.00998. The molecule has 2 heterocycles. The smallest absolute Gasteiger partial charge is 0.336 e. The van der Waals surface area contributed by atoms with Crippen LogP contribution in [-0.4, -0.2) is 39.9 Å². The number of hydrogen-bond donors (Lipinski definition) is 0. The van der Waals surface area contributed by atoms with Crippen molar-refractivity contribution in [1.29, 1.82) is 0 Å². The van der Waals surface area contributed by atoms with Gasteiger partial charge in [-0.3, -0.25) is 0 Å². The van der Waals surface area contributed by atoms with Crippen molar-refractivity contribution < 1.29 is 14.2 Å². The molecule has 0 amide bonds. The summed E-state index contributed by atoms with van der Waals surface area (Å²) in [5, 5.41) is 4.54. The molecule has 2 aromatic heterocycles. The van der Waals surface area contributed by atoms with Crippen LogP contribution >= 0.6 is 15.9 Å². The maximum Gasteiger partial charge on any atom is 0.336 e. The molecular formula is C25H28BrN5O3. The topological polar surface area (TPSA) is 74.0 Å². The summed E-state index contributed by atoms with van der Waals surface area (Å²) in [6, 6.07) is 16.4. The number of ether oxygens (including phenoxy) is 3. The van der Waals surface area contributed by atoms with Gasteiger partial charge in [-0.15, -0.1) is 5.10 Å². The van der Waals surface area contributed by atoms with E-state index in [-0.39, 0.29) is 6.10 Å². The zero-order chi connectivity index (χ0) is 24.1. The highest BCUT2D eigenvalue weighted by molar-refractivity contribution is 9.10. The molecule has 34 heavy (non-hydrogen) atoms. The molecular weight excluding hydrogens is 498 g/mol. The molecule has 0 spiro atoms. The van der Waals surface area contributed by atoms with Gasteiger partial charge in [0.1, 0.15) is 16.1 Å². The van der Waals surface area contributed by atoms with E-state index in [1.807, 2.05) is 31.2 Å². The van der Waals surface area contributed by atoms with E-state index in [4.69, 9.17) is 19.2 Å². The number of methoxy groups -OCH3 is 2. The number of fused-ring (bicyclic) bond motifs is 1. The Kier molecular flexibility index (Phi) is 7.52. The number of benzene rings is 2. The molecule has 1 atom stereocenters. The Morgan fingerprint density at radius 3 is 2.00 bits per heavy atom. The lowest BCUT2D eigenvalue weighted by atomic mass is 10.1. The molecule has 0 saturated heterocycles. The molecule has 4 aromatic rings. The van der Waals surface area contributed by atoms with E-state index in [1.54, 1.807) is 24.9 Å². The molecule has 8 nitrogen and oxygen atoms in total. The monoisotopic (exact) mass is 525 g/mol. The van der Waals surface area contributed by atoms with Crippen LogP contribution in [0.4, 0.5) is 5.82 Å². The number of anilines is 1. The number of aromatic nitrogens is 4. The third-order valence-corrected chi connectivity index (χ3v) is 6.07. The van der Waals surface area contributed by atoms with E-state index in [9.17, 15) is 0 Å². The predicted molar refractivity (Wildman–Crippen MR) is 135 cm³/mol. The van der Waals surface area contributed by atoms with Crippen molar-refractivity contribution in [2.45, 2.75) is 39.5 Å². The molecule has 0 saturated carbocycles. The summed E-state index contributed by atoms with van der Waals surface area (Å²) in [6.07, 6.45) is 2.56. The second kappa shape index (κ2) is 10.7. The van der Waals surface area contributed by atoms with Gasteiger partial charge >= 0.3 is 6.01 Å². The van der Waals surface area contributed by atoms with Crippen molar-refractivity contribution in [3.8, 4) is 17.5 Å². The van der Waals surface area contributed by atoms with Crippen LogP contribution in [0.1, 0.15) is 31.4 Å². The van der Waals surface area contributed by atoms with Crippen molar-refractivity contribution in [2.75, 3.05) is 19.1 Å². The van der Waals surface area contributed by atoms with Crippen molar-refractivity contribution in [2.24, 2.45) is 0 Å². The Bertz CT molecular complexity index is 1180. The van der Waals surface area contributed by atoms with Gasteiger partial charge in [-0.25, -0.2) is 4.98 Å². The zero-order valence-corrected chi connectivity index (χ0v) is 21.3. The van der Waals surface area contributed by atoms with E-state index in [0.717, 1.165) is 33.6 Å². The Balaban J connectivity index is 1.77. The first-order valence-electron chi connectivity index (χ1n) is 11.1. The fourth-order valence-electron chi connectivity index (χ4n) is 3.45. The fourth-order valence-corrected chi connectivity index (χ4v) is 3.80. The summed E-state index contributed by atoms with van der Waals surface area (Å²) in [5.41, 5.74) is 2.87. The number of imidazole rings is 1. The minimum absolute atomic E-state index is 0.00998. The molecule has 1 unspecified atom stereocenters. The first kappa shape index (κ1) is 23.8. The first-order chi connectivity index (χ1) is 16.5. The molecule has 0 N–H and O–H groups in total. The molecule has 178 valence electrons. The SMILES string of the molecule is CCC(C)Oc1nc(N(Cc2ccc(OC)cc2)Cc2ccc(OC)cc2)c2ncc(Br)n2n1. The second-order valence-corrected chi connectivity index (χ2v) is 8.74. The second-order valence-electron chi connectivity index (χ2n) is 7.92. The van der Waals surface area contributed by atoms with Crippen LogP contribution in [0.2, 0.25) is 0 Å². The van der Waals surface area contributed by atoms with Crippen LogP contribution in [0, 0.1) is 0 Å². The van der Waals surface area contributed by atoms with Gasteiger partial charge in [0, 0.05) is 13.1 Å². The van der Waals surface area contributed by atoms with E-state index in [1.165, 1.54) is 0 Å². The van der Waals surface area contributed by atoms with E-state index in [0.29, 0.717) is 30.6 Å². The van der Waals surface area contributed by atoms with Crippen LogP contribution in [-0.2, 0) is 13.1 Å². The van der Waals surface area contributed by atoms with Gasteiger partial charge in [0.05, 0.1) is 26.5 Å². The maximum atomic E-state index is 6.00. The lowest BCUT2D eigenvalue weighted by Gasteiger charge is -2.25. The molecule has 0 radical (unpaired) electrons. The zero-order valence-electron chi connectivity index (χ0n) is 19.7. The van der Waals surface area contributed by atoms with Gasteiger partial charge in [0.25, 0.3) is 0 Å². The summed E-state index contributed by atoms with van der Waals surface area (Å²) in [4.78, 5) is 11.5. The van der Waals surface area contributed by atoms with Crippen molar-refractivity contribution >= 4 is 27.4 Å². The van der Waals surface area contributed by atoms with Gasteiger partial charge in [-0.1, -0.05) is 31.2 Å². The summed E-state index contributed by atoms with van der Waals surface area (Å²) in [5.74, 6) is 2.32. The largest absolute Gasteiger partial charge is 0.497 e. The fraction of sp³-hybridized carbons (Fsp3) is 0.320.